The van der Waals surface area contributed by atoms with Crippen molar-refractivity contribution < 1.29 is 17.5 Å². The average molecular weight is 466 g/mol. The summed E-state index contributed by atoms with van der Waals surface area (Å²) in [6, 6.07) is 0.823. The molecule has 0 rings (SSSR count). The van der Waals surface area contributed by atoms with Crippen LogP contribution in [0.25, 0.3) is 0 Å². The van der Waals surface area contributed by atoms with E-state index in [0.29, 0.717) is 0 Å². The van der Waals surface area contributed by atoms with Crippen LogP contribution in [0.4, 0.5) is 0 Å². The third-order valence-corrected chi connectivity index (χ3v) is 6.01. The molecular weight excluding hydrogens is 410 g/mol. The molecule has 0 aromatic heterocycles. The van der Waals surface area contributed by atoms with Gasteiger partial charge in [-0.2, -0.15) is 8.42 Å². The number of nitrogens with zero attached hydrogens (tertiary/aromatic N) is 1. The Bertz CT molecular complexity index is 433. The lowest BCUT2D eigenvalue weighted by Crippen LogP contribution is -2.27. The molecule has 0 aliphatic heterocycles. The van der Waals surface area contributed by atoms with Gasteiger partial charge in [0.05, 0.1) is 0 Å². The number of hydrogen-bond donors (Lipinski definition) is 2. The monoisotopic (exact) mass is 465 g/mol. The summed E-state index contributed by atoms with van der Waals surface area (Å²) in [6.07, 6.45) is 28.9. The summed E-state index contributed by atoms with van der Waals surface area (Å²) < 4.78 is 31.6. The van der Waals surface area contributed by atoms with E-state index in [1.165, 1.54) is 128 Å². The molecule has 0 aliphatic carbocycles. The molecular formula is C25H55NO4S. The van der Waals surface area contributed by atoms with Gasteiger partial charge in [-0.3, -0.25) is 9.11 Å². The van der Waals surface area contributed by atoms with Gasteiger partial charge in [-0.1, -0.05) is 129 Å². The molecule has 0 radical (unpaired) electrons. The minimum atomic E-state index is -4.67. The quantitative estimate of drug-likeness (QED) is 0.132. The van der Waals surface area contributed by atoms with Crippen molar-refractivity contribution in [3.05, 3.63) is 0 Å². The molecule has 0 fully saturated rings. The molecule has 1 atom stereocenters. The SMILES string of the molecule is CCCCCCCCCCCCC(CCCCCCCCCC)N(C)C.O=S(=O)(O)O. The van der Waals surface area contributed by atoms with Gasteiger partial charge in [0.1, 0.15) is 0 Å². The Morgan fingerprint density at radius 1 is 0.548 bits per heavy atom. The Hall–Kier alpha value is -0.170. The summed E-state index contributed by atoms with van der Waals surface area (Å²) >= 11 is 0. The lowest BCUT2D eigenvalue weighted by molar-refractivity contribution is 0.251. The van der Waals surface area contributed by atoms with Crippen molar-refractivity contribution >= 4 is 10.4 Å². The van der Waals surface area contributed by atoms with Gasteiger partial charge < -0.3 is 4.90 Å². The molecule has 0 bridgehead atoms. The summed E-state index contributed by atoms with van der Waals surface area (Å²) in [5.41, 5.74) is 0. The molecule has 190 valence electrons. The number of unbranched alkanes of at least 4 members (excludes halogenated alkanes) is 16. The molecule has 6 heteroatoms. The van der Waals surface area contributed by atoms with Crippen molar-refractivity contribution in [2.75, 3.05) is 14.1 Å². The van der Waals surface area contributed by atoms with Gasteiger partial charge in [0.25, 0.3) is 0 Å². The lowest BCUT2D eigenvalue weighted by atomic mass is 9.99. The van der Waals surface area contributed by atoms with Crippen LogP contribution in [0.5, 0.6) is 0 Å². The zero-order valence-electron chi connectivity index (χ0n) is 21.3. The van der Waals surface area contributed by atoms with E-state index in [4.69, 9.17) is 17.5 Å². The van der Waals surface area contributed by atoms with Crippen molar-refractivity contribution in [2.45, 2.75) is 148 Å². The van der Waals surface area contributed by atoms with Gasteiger partial charge >= 0.3 is 10.4 Å². The van der Waals surface area contributed by atoms with Gasteiger partial charge in [0.2, 0.25) is 0 Å². The molecule has 0 saturated carbocycles. The zero-order valence-corrected chi connectivity index (χ0v) is 22.1. The summed E-state index contributed by atoms with van der Waals surface area (Å²) in [6.45, 7) is 4.60. The Balaban J connectivity index is 0. The Labute approximate surface area is 195 Å². The molecule has 0 aliphatic rings. The first-order valence-corrected chi connectivity index (χ1v) is 14.5. The molecule has 0 heterocycles. The molecule has 2 N–H and O–H groups in total. The second-order valence-electron chi connectivity index (χ2n) is 9.30. The van der Waals surface area contributed by atoms with E-state index in [2.05, 4.69) is 32.8 Å². The summed E-state index contributed by atoms with van der Waals surface area (Å²) in [7, 11) is -0.0998. The highest BCUT2D eigenvalue weighted by atomic mass is 32.3. The first-order chi connectivity index (χ1) is 14.7. The van der Waals surface area contributed by atoms with Crippen LogP contribution < -0.4 is 0 Å². The maximum Gasteiger partial charge on any atom is 0.394 e. The lowest BCUT2D eigenvalue weighted by Gasteiger charge is -2.24. The van der Waals surface area contributed by atoms with Crippen LogP contribution in [-0.4, -0.2) is 42.6 Å². The fourth-order valence-electron chi connectivity index (χ4n) is 4.04. The first kappa shape index (κ1) is 33.0. The average Bonchev–Trinajstić information content (AvgIpc) is 2.68. The van der Waals surface area contributed by atoms with Crippen LogP contribution in [0.15, 0.2) is 0 Å². The van der Waals surface area contributed by atoms with Crippen LogP contribution in [0, 0.1) is 0 Å². The summed E-state index contributed by atoms with van der Waals surface area (Å²) in [5, 5.41) is 0. The van der Waals surface area contributed by atoms with Crippen molar-refractivity contribution in [2.24, 2.45) is 0 Å². The van der Waals surface area contributed by atoms with Crippen molar-refractivity contribution in [3.8, 4) is 0 Å². The summed E-state index contributed by atoms with van der Waals surface area (Å²) in [5.74, 6) is 0. The predicted molar refractivity (Wildman–Crippen MR) is 135 cm³/mol. The van der Waals surface area contributed by atoms with Gasteiger partial charge in [0.15, 0.2) is 0 Å². The number of hydrogen-bond acceptors (Lipinski definition) is 3. The van der Waals surface area contributed by atoms with Gasteiger partial charge in [-0.05, 0) is 26.9 Å². The van der Waals surface area contributed by atoms with Crippen LogP contribution in [0.1, 0.15) is 142 Å². The number of rotatable bonds is 21. The van der Waals surface area contributed by atoms with Gasteiger partial charge in [0, 0.05) is 6.04 Å². The third-order valence-electron chi connectivity index (χ3n) is 6.01. The molecule has 0 aromatic carbocycles. The smallest absolute Gasteiger partial charge is 0.306 e. The topological polar surface area (TPSA) is 77.8 Å². The fourth-order valence-corrected chi connectivity index (χ4v) is 4.04. The standard InChI is InChI=1S/C25H53N.H2O4S/c1-5-7-9-11-13-15-16-18-20-22-24-25(26(3)4)23-21-19-17-14-12-10-8-6-2;1-5(2,3)4/h25H,5-24H2,1-4H3;(H2,1,2,3,4). The second kappa shape index (κ2) is 24.5. The van der Waals surface area contributed by atoms with E-state index in [-0.39, 0.29) is 0 Å². The fraction of sp³-hybridized carbons (Fsp3) is 1.00. The Kier molecular flexibility index (Phi) is 26.1. The van der Waals surface area contributed by atoms with Gasteiger partial charge in [-0.25, -0.2) is 0 Å². The second-order valence-corrected chi connectivity index (χ2v) is 10.2. The van der Waals surface area contributed by atoms with Crippen LogP contribution in [0.2, 0.25) is 0 Å². The highest BCUT2D eigenvalue weighted by molar-refractivity contribution is 7.79. The van der Waals surface area contributed by atoms with Crippen molar-refractivity contribution in [1.29, 1.82) is 0 Å². The third kappa shape index (κ3) is 34.6. The van der Waals surface area contributed by atoms with E-state index < -0.39 is 10.4 Å². The first-order valence-electron chi connectivity index (χ1n) is 13.1. The molecule has 5 nitrogen and oxygen atoms in total. The van der Waals surface area contributed by atoms with Crippen LogP contribution >= 0.6 is 0 Å². The molecule has 0 saturated heterocycles. The molecule has 1 unspecified atom stereocenters. The predicted octanol–water partition coefficient (Wildman–Crippen LogP) is 8.11. The maximum atomic E-state index is 8.74. The molecule has 0 amide bonds. The Morgan fingerprint density at radius 2 is 0.774 bits per heavy atom. The molecule has 0 spiro atoms. The van der Waals surface area contributed by atoms with Crippen molar-refractivity contribution in [3.63, 3.8) is 0 Å². The largest absolute Gasteiger partial charge is 0.394 e. The Morgan fingerprint density at radius 3 is 1.00 bits per heavy atom. The highest BCUT2D eigenvalue weighted by Gasteiger charge is 2.10. The van der Waals surface area contributed by atoms with E-state index in [0.717, 1.165) is 6.04 Å². The minimum absolute atomic E-state index is 0.823. The van der Waals surface area contributed by atoms with Crippen LogP contribution in [0.3, 0.4) is 0 Å². The van der Waals surface area contributed by atoms with E-state index in [9.17, 15) is 0 Å². The van der Waals surface area contributed by atoms with E-state index in [1.807, 2.05) is 0 Å². The highest BCUT2D eigenvalue weighted by Crippen LogP contribution is 2.17. The molecule has 31 heavy (non-hydrogen) atoms. The van der Waals surface area contributed by atoms with Crippen LogP contribution in [-0.2, 0) is 10.4 Å². The van der Waals surface area contributed by atoms with Crippen molar-refractivity contribution in [1.82, 2.24) is 4.90 Å². The summed E-state index contributed by atoms with van der Waals surface area (Å²) in [4.78, 5) is 2.48. The minimum Gasteiger partial charge on any atom is -0.306 e. The van der Waals surface area contributed by atoms with E-state index in [1.54, 1.807) is 0 Å². The zero-order chi connectivity index (χ0) is 23.8. The van der Waals surface area contributed by atoms with E-state index >= 15 is 0 Å². The molecule has 0 aromatic rings. The van der Waals surface area contributed by atoms with Gasteiger partial charge in [-0.15, -0.1) is 0 Å². The maximum absolute atomic E-state index is 8.74. The normalized spacial score (nSPS) is 12.6.